The van der Waals surface area contributed by atoms with Crippen LogP contribution in [0, 0.1) is 6.92 Å². The normalized spacial score (nSPS) is 14.1. The van der Waals surface area contributed by atoms with Gasteiger partial charge in [-0.15, -0.1) is 40.8 Å². The minimum atomic E-state index is 0. The summed E-state index contributed by atoms with van der Waals surface area (Å²) in [6, 6.07) is 5.92. The van der Waals surface area contributed by atoms with Crippen LogP contribution in [0.5, 0.6) is 11.5 Å². The fourth-order valence-electron chi connectivity index (χ4n) is 3.36. The van der Waals surface area contributed by atoms with Crippen molar-refractivity contribution in [1.29, 1.82) is 0 Å². The Kier molecular flexibility index (Phi) is 10.1. The molecule has 0 bridgehead atoms. The van der Waals surface area contributed by atoms with E-state index in [0.29, 0.717) is 25.6 Å². The van der Waals surface area contributed by atoms with Gasteiger partial charge in [0.1, 0.15) is 17.3 Å². The molecule has 1 saturated carbocycles. The number of hydrogen-bond donors (Lipinski definition) is 2. The number of aliphatic imine (C=N–C) groups is 1. The van der Waals surface area contributed by atoms with Gasteiger partial charge in [0.2, 0.25) is 0 Å². The summed E-state index contributed by atoms with van der Waals surface area (Å²) in [6.07, 6.45) is 6.73. The second-order valence-electron chi connectivity index (χ2n) is 7.41. The standard InChI is InChI=1S/C22H32N6O2.HI/c1-5-12-23-22(25-15-21-27-26-16(2)28(21)3)24-14-17-10-11-19(29-4)13-20(17)30-18-8-6-7-9-18;/h5,10-11,13,18H,1,6-9,12,14-15H2,2-4H3,(H2,23,24,25);1H. The first-order valence-electron chi connectivity index (χ1n) is 10.4. The Morgan fingerprint density at radius 2 is 2.06 bits per heavy atom. The molecule has 1 aromatic heterocycles. The quantitative estimate of drug-likeness (QED) is 0.219. The average molecular weight is 540 g/mol. The van der Waals surface area contributed by atoms with Gasteiger partial charge in [-0.1, -0.05) is 6.08 Å². The van der Waals surface area contributed by atoms with E-state index in [1.807, 2.05) is 36.7 Å². The third-order valence-corrected chi connectivity index (χ3v) is 5.29. The van der Waals surface area contributed by atoms with Gasteiger partial charge in [-0.25, -0.2) is 4.99 Å². The first-order chi connectivity index (χ1) is 14.6. The third kappa shape index (κ3) is 7.12. The Hall–Kier alpha value is -2.30. The first-order valence-corrected chi connectivity index (χ1v) is 10.4. The lowest BCUT2D eigenvalue weighted by atomic mass is 10.2. The maximum atomic E-state index is 6.28. The van der Waals surface area contributed by atoms with E-state index in [9.17, 15) is 0 Å². The molecule has 2 N–H and O–H groups in total. The fraction of sp³-hybridized carbons (Fsp3) is 0.500. The van der Waals surface area contributed by atoms with Crippen LogP contribution in [0.2, 0.25) is 0 Å². The Morgan fingerprint density at radius 1 is 1.29 bits per heavy atom. The molecule has 31 heavy (non-hydrogen) atoms. The van der Waals surface area contributed by atoms with Gasteiger partial charge in [0, 0.05) is 25.2 Å². The molecule has 0 atom stereocenters. The number of aryl methyl sites for hydroxylation is 1. The maximum Gasteiger partial charge on any atom is 0.192 e. The number of halogens is 1. The van der Waals surface area contributed by atoms with Crippen molar-refractivity contribution in [2.75, 3.05) is 13.7 Å². The van der Waals surface area contributed by atoms with Gasteiger partial charge in [-0.3, -0.25) is 0 Å². The number of guanidine groups is 1. The van der Waals surface area contributed by atoms with Crippen LogP contribution in [-0.2, 0) is 20.1 Å². The molecule has 3 rings (SSSR count). The molecule has 1 aliphatic carbocycles. The van der Waals surface area contributed by atoms with Gasteiger partial charge in [-0.2, -0.15) is 0 Å². The molecular formula is C22H33IN6O2. The number of aromatic nitrogens is 3. The van der Waals surface area contributed by atoms with Crippen LogP contribution in [0.4, 0.5) is 0 Å². The van der Waals surface area contributed by atoms with Crippen LogP contribution in [0.15, 0.2) is 35.8 Å². The lowest BCUT2D eigenvalue weighted by Gasteiger charge is -2.17. The van der Waals surface area contributed by atoms with E-state index in [1.165, 1.54) is 12.8 Å². The number of ether oxygens (including phenoxy) is 2. The second kappa shape index (κ2) is 12.5. The van der Waals surface area contributed by atoms with Crippen molar-refractivity contribution in [2.45, 2.75) is 51.8 Å². The fourth-order valence-corrected chi connectivity index (χ4v) is 3.36. The number of nitrogens with zero attached hydrogens (tertiary/aromatic N) is 4. The lowest BCUT2D eigenvalue weighted by molar-refractivity contribution is 0.207. The monoisotopic (exact) mass is 540 g/mol. The number of benzene rings is 1. The first kappa shape index (κ1) is 25.0. The highest BCUT2D eigenvalue weighted by atomic mass is 127. The van der Waals surface area contributed by atoms with Crippen molar-refractivity contribution in [3.05, 3.63) is 48.1 Å². The molecule has 170 valence electrons. The molecule has 1 aliphatic rings. The van der Waals surface area contributed by atoms with Crippen molar-refractivity contribution in [2.24, 2.45) is 12.0 Å². The lowest BCUT2D eigenvalue weighted by Crippen LogP contribution is -2.37. The van der Waals surface area contributed by atoms with Gasteiger partial charge in [-0.05, 0) is 44.7 Å². The maximum absolute atomic E-state index is 6.28. The highest BCUT2D eigenvalue weighted by molar-refractivity contribution is 14.0. The Labute approximate surface area is 201 Å². The molecule has 0 saturated heterocycles. The van der Waals surface area contributed by atoms with Crippen molar-refractivity contribution >= 4 is 29.9 Å². The minimum absolute atomic E-state index is 0. The summed E-state index contributed by atoms with van der Waals surface area (Å²) in [5.74, 6) is 4.03. The molecule has 0 spiro atoms. The molecule has 1 heterocycles. The average Bonchev–Trinajstić information content (AvgIpc) is 3.38. The smallest absolute Gasteiger partial charge is 0.192 e. The predicted molar refractivity (Wildman–Crippen MR) is 133 cm³/mol. The molecule has 0 amide bonds. The Morgan fingerprint density at radius 3 is 2.71 bits per heavy atom. The largest absolute Gasteiger partial charge is 0.497 e. The molecule has 1 fully saturated rings. The second-order valence-corrected chi connectivity index (χ2v) is 7.41. The van der Waals surface area contributed by atoms with Gasteiger partial charge in [0.05, 0.1) is 26.3 Å². The van der Waals surface area contributed by atoms with E-state index in [2.05, 4.69) is 27.4 Å². The summed E-state index contributed by atoms with van der Waals surface area (Å²) in [5, 5.41) is 14.8. The van der Waals surface area contributed by atoms with Crippen LogP contribution < -0.4 is 20.1 Å². The Bertz CT molecular complexity index is 877. The van der Waals surface area contributed by atoms with Gasteiger partial charge >= 0.3 is 0 Å². The molecule has 2 aromatic rings. The Balaban J connectivity index is 0.00000341. The summed E-state index contributed by atoms with van der Waals surface area (Å²) in [7, 11) is 3.62. The molecule has 0 unspecified atom stereocenters. The molecule has 1 aromatic carbocycles. The summed E-state index contributed by atoms with van der Waals surface area (Å²) in [4.78, 5) is 4.74. The number of nitrogens with one attached hydrogen (secondary N) is 2. The molecular weight excluding hydrogens is 507 g/mol. The van der Waals surface area contributed by atoms with E-state index in [1.54, 1.807) is 13.2 Å². The van der Waals surface area contributed by atoms with Crippen LogP contribution in [0.1, 0.15) is 42.9 Å². The summed E-state index contributed by atoms with van der Waals surface area (Å²) in [6.45, 7) is 7.31. The molecule has 0 aliphatic heterocycles. The summed E-state index contributed by atoms with van der Waals surface area (Å²) >= 11 is 0. The number of rotatable bonds is 9. The van der Waals surface area contributed by atoms with Crippen molar-refractivity contribution in [3.8, 4) is 11.5 Å². The van der Waals surface area contributed by atoms with Crippen molar-refractivity contribution in [1.82, 2.24) is 25.4 Å². The predicted octanol–water partition coefficient (Wildman–Crippen LogP) is 3.49. The van der Waals surface area contributed by atoms with Crippen molar-refractivity contribution in [3.63, 3.8) is 0 Å². The van der Waals surface area contributed by atoms with Crippen LogP contribution in [0.3, 0.4) is 0 Å². The highest BCUT2D eigenvalue weighted by Gasteiger charge is 2.18. The summed E-state index contributed by atoms with van der Waals surface area (Å²) in [5.41, 5.74) is 1.02. The molecule has 8 nitrogen and oxygen atoms in total. The molecule has 0 radical (unpaired) electrons. The van der Waals surface area contributed by atoms with E-state index in [-0.39, 0.29) is 30.1 Å². The molecule has 9 heteroatoms. The third-order valence-electron chi connectivity index (χ3n) is 5.29. The van der Waals surface area contributed by atoms with Gasteiger partial charge in [0.25, 0.3) is 0 Å². The van der Waals surface area contributed by atoms with E-state index < -0.39 is 0 Å². The number of hydrogen-bond acceptors (Lipinski definition) is 5. The van der Waals surface area contributed by atoms with Gasteiger partial charge in [0.15, 0.2) is 11.8 Å². The van der Waals surface area contributed by atoms with Crippen LogP contribution in [0.25, 0.3) is 0 Å². The minimum Gasteiger partial charge on any atom is -0.497 e. The van der Waals surface area contributed by atoms with E-state index >= 15 is 0 Å². The zero-order valence-electron chi connectivity index (χ0n) is 18.6. The van der Waals surface area contributed by atoms with Gasteiger partial charge < -0.3 is 24.7 Å². The zero-order chi connectivity index (χ0) is 21.3. The topological polar surface area (TPSA) is 85.6 Å². The van der Waals surface area contributed by atoms with Crippen molar-refractivity contribution < 1.29 is 9.47 Å². The van der Waals surface area contributed by atoms with E-state index in [0.717, 1.165) is 41.6 Å². The van der Waals surface area contributed by atoms with E-state index in [4.69, 9.17) is 14.5 Å². The SMILES string of the molecule is C=CCNC(=NCc1ccc(OC)cc1OC1CCCC1)NCc1nnc(C)n1C.I. The highest BCUT2D eigenvalue weighted by Crippen LogP contribution is 2.30. The zero-order valence-corrected chi connectivity index (χ0v) is 20.9. The summed E-state index contributed by atoms with van der Waals surface area (Å²) < 4.78 is 13.6. The number of methoxy groups -OCH3 is 1. The van der Waals surface area contributed by atoms with Crippen LogP contribution in [-0.4, -0.2) is 40.5 Å². The van der Waals surface area contributed by atoms with Crippen LogP contribution >= 0.6 is 24.0 Å².